The summed E-state index contributed by atoms with van der Waals surface area (Å²) in [5.74, 6) is -2.25. The SMILES string of the molecule is CC[C@H]1OC(=O)[C@H](C)[C@@H](O[C@H]2CC(N(C)C)C(O)[C@@H](C)O2)[C@H](C)[C@@H](O)[C@](C)(O)C[C@@H](C)CN(C)[C@H](C)[C@@H](O)[C@H]1C. The molecule has 0 aromatic carbocycles. The second-order valence-electron chi connectivity index (χ2n) is 13.3. The minimum Gasteiger partial charge on any atom is -0.462 e. The van der Waals surface area contributed by atoms with Gasteiger partial charge in [-0.15, -0.1) is 0 Å². The molecule has 0 spiro atoms. The molecule has 10 heteroatoms. The highest BCUT2D eigenvalue weighted by Gasteiger charge is 2.46. The van der Waals surface area contributed by atoms with Crippen molar-refractivity contribution >= 4 is 5.97 Å². The molecule has 0 saturated carbocycles. The highest BCUT2D eigenvalue weighted by Crippen LogP contribution is 2.35. The van der Waals surface area contributed by atoms with Crippen LogP contribution in [0.2, 0.25) is 0 Å². The van der Waals surface area contributed by atoms with E-state index in [2.05, 4.69) is 4.90 Å². The maximum atomic E-state index is 13.6. The third-order valence-electron chi connectivity index (χ3n) is 9.51. The third kappa shape index (κ3) is 8.37. The number of aliphatic hydroxyl groups excluding tert-OH is 3. The third-order valence-corrected chi connectivity index (χ3v) is 9.51. The molecule has 2 aliphatic rings. The largest absolute Gasteiger partial charge is 0.462 e. The van der Waals surface area contributed by atoms with Crippen molar-refractivity contribution in [2.24, 2.45) is 23.7 Å². The van der Waals surface area contributed by atoms with Crippen LogP contribution in [0, 0.1) is 23.7 Å². The topological polar surface area (TPSA) is 132 Å². The Kier molecular flexibility index (Phi) is 12.9. The quantitative estimate of drug-likeness (QED) is 0.369. The number of aliphatic hydroxyl groups is 4. The van der Waals surface area contributed by atoms with Crippen molar-refractivity contribution in [1.29, 1.82) is 0 Å². The van der Waals surface area contributed by atoms with Gasteiger partial charge in [0.05, 0.1) is 42.0 Å². The van der Waals surface area contributed by atoms with E-state index in [0.717, 1.165) is 0 Å². The van der Waals surface area contributed by atoms with Crippen molar-refractivity contribution in [1.82, 2.24) is 9.80 Å². The van der Waals surface area contributed by atoms with Gasteiger partial charge in [0, 0.05) is 36.9 Å². The zero-order valence-corrected chi connectivity index (χ0v) is 26.7. The fraction of sp³-hybridized carbons (Fsp3) is 0.967. The van der Waals surface area contributed by atoms with Crippen molar-refractivity contribution in [2.75, 3.05) is 27.7 Å². The lowest BCUT2D eigenvalue weighted by Gasteiger charge is -2.44. The molecule has 4 N–H and O–H groups in total. The normalized spacial score (nSPS) is 47.4. The molecular weight excluding hydrogens is 516 g/mol. The molecule has 0 aromatic heterocycles. The minimum absolute atomic E-state index is 0.0124. The highest BCUT2D eigenvalue weighted by molar-refractivity contribution is 5.73. The molecule has 2 heterocycles. The van der Waals surface area contributed by atoms with Crippen molar-refractivity contribution in [3.05, 3.63) is 0 Å². The van der Waals surface area contributed by atoms with Gasteiger partial charge in [-0.1, -0.05) is 27.7 Å². The van der Waals surface area contributed by atoms with Gasteiger partial charge in [-0.3, -0.25) is 4.79 Å². The van der Waals surface area contributed by atoms with Crippen LogP contribution in [-0.4, -0.2) is 124 Å². The maximum absolute atomic E-state index is 13.6. The number of hydrogen-bond donors (Lipinski definition) is 4. The molecule has 14 atom stereocenters. The van der Waals surface area contributed by atoms with Crippen molar-refractivity contribution in [3.8, 4) is 0 Å². The van der Waals surface area contributed by atoms with Gasteiger partial charge in [0.2, 0.25) is 0 Å². The Morgan fingerprint density at radius 2 is 1.65 bits per heavy atom. The highest BCUT2D eigenvalue weighted by atomic mass is 16.7. The first-order valence-electron chi connectivity index (χ1n) is 15.1. The smallest absolute Gasteiger partial charge is 0.311 e. The van der Waals surface area contributed by atoms with Gasteiger partial charge >= 0.3 is 5.97 Å². The van der Waals surface area contributed by atoms with Gasteiger partial charge in [0.25, 0.3) is 0 Å². The number of hydrogen-bond acceptors (Lipinski definition) is 10. The first-order chi connectivity index (χ1) is 18.4. The fourth-order valence-corrected chi connectivity index (χ4v) is 6.67. The Bertz CT molecular complexity index is 798. The van der Waals surface area contributed by atoms with Crippen molar-refractivity contribution in [2.45, 2.75) is 135 Å². The summed E-state index contributed by atoms with van der Waals surface area (Å²) in [6.45, 7) is 15.3. The Labute approximate surface area is 242 Å². The second-order valence-corrected chi connectivity index (χ2v) is 13.3. The predicted octanol–water partition coefficient (Wildman–Crippen LogP) is 1.86. The van der Waals surface area contributed by atoms with Crippen molar-refractivity contribution in [3.63, 3.8) is 0 Å². The second kappa shape index (κ2) is 14.6. The van der Waals surface area contributed by atoms with Crippen LogP contribution in [0.1, 0.15) is 74.7 Å². The Morgan fingerprint density at radius 1 is 1.05 bits per heavy atom. The first-order valence-corrected chi connectivity index (χ1v) is 15.1. The summed E-state index contributed by atoms with van der Waals surface area (Å²) in [7, 11) is 5.71. The summed E-state index contributed by atoms with van der Waals surface area (Å²) >= 11 is 0. The number of ether oxygens (including phenoxy) is 3. The number of esters is 1. The molecule has 0 bridgehead atoms. The Balaban J connectivity index is 2.47. The van der Waals surface area contributed by atoms with Gasteiger partial charge in [0.1, 0.15) is 6.10 Å². The molecule has 2 rings (SSSR count). The molecule has 2 unspecified atom stereocenters. The lowest BCUT2D eigenvalue weighted by atomic mass is 9.78. The zero-order valence-electron chi connectivity index (χ0n) is 26.7. The molecule has 2 aliphatic heterocycles. The van der Waals surface area contributed by atoms with E-state index in [0.29, 0.717) is 25.8 Å². The summed E-state index contributed by atoms with van der Waals surface area (Å²) in [4.78, 5) is 17.6. The summed E-state index contributed by atoms with van der Waals surface area (Å²) < 4.78 is 18.5. The molecule has 0 amide bonds. The molecule has 2 saturated heterocycles. The van der Waals surface area contributed by atoms with Crippen LogP contribution in [0.3, 0.4) is 0 Å². The van der Waals surface area contributed by atoms with E-state index in [9.17, 15) is 25.2 Å². The maximum Gasteiger partial charge on any atom is 0.311 e. The number of nitrogens with zero attached hydrogens (tertiary/aromatic N) is 2. The van der Waals surface area contributed by atoms with Crippen LogP contribution in [0.15, 0.2) is 0 Å². The number of likely N-dealkylation sites (N-methyl/N-ethyl adjacent to an activating group) is 2. The lowest BCUT2D eigenvalue weighted by Crippen LogP contribution is -2.56. The molecule has 2 fully saturated rings. The van der Waals surface area contributed by atoms with E-state index in [1.807, 2.05) is 53.7 Å². The molecule has 10 nitrogen and oxygen atoms in total. The van der Waals surface area contributed by atoms with Crippen LogP contribution in [0.4, 0.5) is 0 Å². The molecule has 0 radical (unpaired) electrons. The average Bonchev–Trinajstić information content (AvgIpc) is 2.88. The van der Waals surface area contributed by atoms with Gasteiger partial charge in [-0.05, 0) is 67.6 Å². The summed E-state index contributed by atoms with van der Waals surface area (Å²) in [5.41, 5.74) is -1.46. The zero-order chi connectivity index (χ0) is 30.7. The number of carbonyl (C=O) groups is 1. The van der Waals surface area contributed by atoms with Crippen LogP contribution in [0.25, 0.3) is 0 Å². The monoisotopic (exact) mass is 574 g/mol. The van der Waals surface area contributed by atoms with Crippen LogP contribution < -0.4 is 0 Å². The van der Waals surface area contributed by atoms with Crippen LogP contribution >= 0.6 is 0 Å². The van der Waals surface area contributed by atoms with E-state index < -0.39 is 66.3 Å². The van der Waals surface area contributed by atoms with E-state index in [1.54, 1.807) is 27.7 Å². The van der Waals surface area contributed by atoms with Gasteiger partial charge < -0.3 is 44.4 Å². The summed E-state index contributed by atoms with van der Waals surface area (Å²) in [5, 5.41) is 44.8. The van der Waals surface area contributed by atoms with Crippen molar-refractivity contribution < 1.29 is 39.4 Å². The molecule has 40 heavy (non-hydrogen) atoms. The van der Waals surface area contributed by atoms with E-state index in [4.69, 9.17) is 14.2 Å². The fourth-order valence-electron chi connectivity index (χ4n) is 6.67. The number of cyclic esters (lactones) is 1. The molecular formula is C30H58N2O8. The molecule has 0 aliphatic carbocycles. The molecule has 236 valence electrons. The van der Waals surface area contributed by atoms with Gasteiger partial charge in [0.15, 0.2) is 6.29 Å². The average molecular weight is 575 g/mol. The van der Waals surface area contributed by atoms with E-state index >= 15 is 0 Å². The minimum atomic E-state index is -1.46. The van der Waals surface area contributed by atoms with Crippen LogP contribution in [0.5, 0.6) is 0 Å². The predicted molar refractivity (Wildman–Crippen MR) is 153 cm³/mol. The van der Waals surface area contributed by atoms with Crippen LogP contribution in [-0.2, 0) is 19.0 Å². The Morgan fingerprint density at radius 3 is 2.20 bits per heavy atom. The summed E-state index contributed by atoms with van der Waals surface area (Å²) in [6, 6.07) is -0.420. The number of carbonyl (C=O) groups excluding carboxylic acids is 1. The Hall–Kier alpha value is -0.850. The number of rotatable bonds is 4. The van der Waals surface area contributed by atoms with Gasteiger partial charge in [-0.25, -0.2) is 0 Å². The molecule has 0 aromatic rings. The lowest BCUT2D eigenvalue weighted by molar-refractivity contribution is -0.268. The standard InChI is InChI=1S/C30H58N2O8/c1-12-23-17(3)25(33)20(6)32(11)15-16(2)14-30(8,37)28(35)18(4)27(19(5)29(36)39-23)40-24-13-22(31(9)10)26(34)21(7)38-24/h16-28,33-35,37H,12-15H2,1-11H3/t16-,17+,18+,19-,20-,21-,22?,23-,24+,25+,26?,27+,28-,30-/m1/s1. The van der Waals surface area contributed by atoms with E-state index in [1.165, 1.54) is 0 Å². The first kappa shape index (κ1) is 35.3. The summed E-state index contributed by atoms with van der Waals surface area (Å²) in [6.07, 6.45) is -3.99. The van der Waals surface area contributed by atoms with E-state index in [-0.39, 0.29) is 23.9 Å². The van der Waals surface area contributed by atoms with Gasteiger partial charge in [-0.2, -0.15) is 0 Å².